The highest BCUT2D eigenvalue weighted by Crippen LogP contribution is 2.28. The first kappa shape index (κ1) is 19.1. The lowest BCUT2D eigenvalue weighted by molar-refractivity contribution is 0.560. The topological polar surface area (TPSA) is 36.4 Å². The fourth-order valence-corrected chi connectivity index (χ4v) is 2.25. The third-order valence-electron chi connectivity index (χ3n) is 3.79. The molecule has 3 unspecified atom stereocenters. The Morgan fingerprint density at radius 3 is 2.64 bits per heavy atom. The van der Waals surface area contributed by atoms with Crippen molar-refractivity contribution >= 4 is 29.9 Å². The molecule has 0 amide bonds. The molecule has 1 aliphatic rings. The zero-order valence-corrected chi connectivity index (χ0v) is 15.5. The molecule has 0 aliphatic heterocycles. The molecule has 2 rings (SSSR count). The van der Waals surface area contributed by atoms with Crippen LogP contribution in [0.4, 0.5) is 8.78 Å². The number of guanidine groups is 1. The number of nitrogens with one attached hydrogen (secondary N) is 2. The molecule has 0 heterocycles. The molecule has 1 aromatic rings. The van der Waals surface area contributed by atoms with E-state index in [0.29, 0.717) is 24.1 Å². The van der Waals surface area contributed by atoms with Crippen molar-refractivity contribution in [3.05, 3.63) is 35.4 Å². The third kappa shape index (κ3) is 5.37. The van der Waals surface area contributed by atoms with Gasteiger partial charge in [0.2, 0.25) is 0 Å². The first-order valence-corrected chi connectivity index (χ1v) is 7.51. The summed E-state index contributed by atoms with van der Waals surface area (Å²) in [6, 6.07) is 4.19. The van der Waals surface area contributed by atoms with E-state index in [-0.39, 0.29) is 29.9 Å². The van der Waals surface area contributed by atoms with E-state index in [2.05, 4.69) is 22.5 Å². The number of hydrogen-bond acceptors (Lipinski definition) is 1. The van der Waals surface area contributed by atoms with Crippen LogP contribution in [-0.4, -0.2) is 25.1 Å². The maximum atomic E-state index is 13.7. The predicted molar refractivity (Wildman–Crippen MR) is 96.9 cm³/mol. The van der Waals surface area contributed by atoms with E-state index in [4.69, 9.17) is 0 Å². The van der Waals surface area contributed by atoms with Crippen molar-refractivity contribution in [1.29, 1.82) is 0 Å². The molecule has 0 bridgehead atoms. The predicted octanol–water partition coefficient (Wildman–Crippen LogP) is 3.65. The van der Waals surface area contributed by atoms with Gasteiger partial charge in [0.15, 0.2) is 5.96 Å². The third-order valence-corrected chi connectivity index (χ3v) is 3.79. The molecule has 1 aliphatic carbocycles. The summed E-state index contributed by atoms with van der Waals surface area (Å²) < 4.78 is 26.6. The van der Waals surface area contributed by atoms with E-state index in [9.17, 15) is 8.78 Å². The highest BCUT2D eigenvalue weighted by Gasteiger charge is 2.33. The minimum Gasteiger partial charge on any atom is -0.357 e. The van der Waals surface area contributed by atoms with Crippen LogP contribution < -0.4 is 10.6 Å². The molecule has 22 heavy (non-hydrogen) atoms. The Bertz CT molecular complexity index is 522. The lowest BCUT2D eigenvalue weighted by Crippen LogP contribution is -2.39. The summed E-state index contributed by atoms with van der Waals surface area (Å²) in [6.07, 6.45) is 1.16. The number of benzene rings is 1. The Balaban J connectivity index is 0.00000242. The summed E-state index contributed by atoms with van der Waals surface area (Å²) in [5.74, 6) is 0.288. The zero-order valence-electron chi connectivity index (χ0n) is 13.2. The second-order valence-corrected chi connectivity index (χ2v) is 5.75. The van der Waals surface area contributed by atoms with Crippen molar-refractivity contribution < 1.29 is 8.78 Å². The van der Waals surface area contributed by atoms with Gasteiger partial charge in [-0.1, -0.05) is 19.9 Å². The summed E-state index contributed by atoms with van der Waals surface area (Å²) in [5.41, 5.74) is 0.496. The number of nitrogens with zero attached hydrogens (tertiary/aromatic N) is 1. The summed E-state index contributed by atoms with van der Waals surface area (Å²) >= 11 is 0. The van der Waals surface area contributed by atoms with Gasteiger partial charge in [-0.15, -0.1) is 24.0 Å². The molecule has 1 fully saturated rings. The minimum atomic E-state index is -0.551. The Kier molecular flexibility index (Phi) is 7.52. The molecule has 1 aromatic carbocycles. The van der Waals surface area contributed by atoms with Gasteiger partial charge in [0.05, 0.1) is 0 Å². The molecular weight excluding hydrogens is 399 g/mol. The molecule has 0 saturated heterocycles. The van der Waals surface area contributed by atoms with Gasteiger partial charge >= 0.3 is 0 Å². The molecule has 1 saturated carbocycles. The average molecular weight is 423 g/mol. The summed E-state index contributed by atoms with van der Waals surface area (Å²) in [6.45, 7) is 7.34. The second-order valence-electron chi connectivity index (χ2n) is 5.75. The van der Waals surface area contributed by atoms with Crippen LogP contribution in [0.15, 0.2) is 23.2 Å². The van der Waals surface area contributed by atoms with Crippen LogP contribution in [0.5, 0.6) is 0 Å². The van der Waals surface area contributed by atoms with Gasteiger partial charge in [-0.3, -0.25) is 4.99 Å². The van der Waals surface area contributed by atoms with E-state index >= 15 is 0 Å². The largest absolute Gasteiger partial charge is 0.357 e. The fourth-order valence-electron chi connectivity index (χ4n) is 2.25. The smallest absolute Gasteiger partial charge is 0.191 e. The van der Waals surface area contributed by atoms with E-state index in [1.165, 1.54) is 12.1 Å². The molecule has 2 N–H and O–H groups in total. The molecular formula is C16H24F2IN3. The van der Waals surface area contributed by atoms with Crippen molar-refractivity contribution in [2.45, 2.75) is 39.2 Å². The quantitative estimate of drug-likeness (QED) is 0.431. The van der Waals surface area contributed by atoms with Gasteiger partial charge in [0.25, 0.3) is 0 Å². The van der Waals surface area contributed by atoms with Crippen LogP contribution >= 0.6 is 24.0 Å². The molecule has 0 radical (unpaired) electrons. The van der Waals surface area contributed by atoms with Crippen molar-refractivity contribution in [1.82, 2.24) is 10.6 Å². The SMILES string of the molecule is CCNC(=NCC(C)c1ccc(F)cc1F)NC1CC1C.I. The van der Waals surface area contributed by atoms with Crippen LogP contribution in [-0.2, 0) is 0 Å². The molecule has 124 valence electrons. The summed E-state index contributed by atoms with van der Waals surface area (Å²) in [7, 11) is 0. The number of halogens is 3. The van der Waals surface area contributed by atoms with Gasteiger partial charge < -0.3 is 10.6 Å². The van der Waals surface area contributed by atoms with E-state index in [1.54, 1.807) is 0 Å². The summed E-state index contributed by atoms with van der Waals surface area (Å²) in [5, 5.41) is 6.55. The van der Waals surface area contributed by atoms with Gasteiger partial charge in [-0.25, -0.2) is 8.78 Å². The fraction of sp³-hybridized carbons (Fsp3) is 0.562. The van der Waals surface area contributed by atoms with Crippen molar-refractivity contribution in [3.63, 3.8) is 0 Å². The standard InChI is InChI=1S/C16H23F2N3.HI/c1-4-19-16(21-15-7-10(15)2)20-9-11(3)13-6-5-12(17)8-14(13)18;/h5-6,8,10-11,15H,4,7,9H2,1-3H3,(H2,19,20,21);1H. The Labute approximate surface area is 148 Å². The van der Waals surface area contributed by atoms with Crippen LogP contribution in [0.1, 0.15) is 38.7 Å². The zero-order chi connectivity index (χ0) is 15.4. The number of rotatable bonds is 5. The van der Waals surface area contributed by atoms with Crippen LogP contribution in [0, 0.1) is 17.6 Å². The maximum Gasteiger partial charge on any atom is 0.191 e. The van der Waals surface area contributed by atoms with Crippen molar-refractivity contribution in [2.75, 3.05) is 13.1 Å². The van der Waals surface area contributed by atoms with Crippen LogP contribution in [0.2, 0.25) is 0 Å². The Hall–Kier alpha value is -0.920. The Morgan fingerprint density at radius 2 is 2.09 bits per heavy atom. The van der Waals surface area contributed by atoms with Crippen LogP contribution in [0.25, 0.3) is 0 Å². The normalized spacial score (nSPS) is 21.8. The molecule has 3 nitrogen and oxygen atoms in total. The monoisotopic (exact) mass is 423 g/mol. The first-order chi connectivity index (χ1) is 10.0. The lowest BCUT2D eigenvalue weighted by atomic mass is 10.0. The number of aliphatic imine (C=N–C) groups is 1. The van der Waals surface area contributed by atoms with Crippen molar-refractivity contribution in [2.24, 2.45) is 10.9 Å². The minimum absolute atomic E-state index is 0. The molecule has 0 spiro atoms. The van der Waals surface area contributed by atoms with Gasteiger partial charge in [-0.2, -0.15) is 0 Å². The Morgan fingerprint density at radius 1 is 1.41 bits per heavy atom. The highest BCUT2D eigenvalue weighted by molar-refractivity contribution is 14.0. The highest BCUT2D eigenvalue weighted by atomic mass is 127. The van der Waals surface area contributed by atoms with E-state index in [0.717, 1.165) is 25.0 Å². The average Bonchev–Trinajstić information content (AvgIpc) is 3.11. The molecule has 0 aromatic heterocycles. The summed E-state index contributed by atoms with van der Waals surface area (Å²) in [4.78, 5) is 4.50. The van der Waals surface area contributed by atoms with E-state index < -0.39 is 11.6 Å². The molecule has 6 heteroatoms. The van der Waals surface area contributed by atoms with Crippen LogP contribution in [0.3, 0.4) is 0 Å². The second kappa shape index (κ2) is 8.64. The first-order valence-electron chi connectivity index (χ1n) is 7.51. The molecule has 3 atom stereocenters. The van der Waals surface area contributed by atoms with Crippen molar-refractivity contribution in [3.8, 4) is 0 Å². The lowest BCUT2D eigenvalue weighted by Gasteiger charge is -2.14. The van der Waals surface area contributed by atoms with Gasteiger partial charge in [0, 0.05) is 31.1 Å². The van der Waals surface area contributed by atoms with E-state index in [1.807, 2.05) is 13.8 Å². The maximum absolute atomic E-state index is 13.7. The van der Waals surface area contributed by atoms with Gasteiger partial charge in [0.1, 0.15) is 11.6 Å². The van der Waals surface area contributed by atoms with Gasteiger partial charge in [-0.05, 0) is 30.9 Å². The number of hydrogen-bond donors (Lipinski definition) is 2.